The molecule has 0 saturated carbocycles. The Hall–Kier alpha value is -2.74. The first-order valence-corrected chi connectivity index (χ1v) is 10.8. The van der Waals surface area contributed by atoms with Crippen LogP contribution in [0.15, 0.2) is 39.7 Å². The molecule has 3 aliphatic rings. The summed E-state index contributed by atoms with van der Waals surface area (Å²) in [5.41, 5.74) is 1.83. The minimum Gasteiger partial charge on any atom is -0.493 e. The summed E-state index contributed by atoms with van der Waals surface area (Å²) in [6, 6.07) is 5.72. The molecule has 0 bridgehead atoms. The number of nitrogens with zero attached hydrogens (tertiary/aromatic N) is 2. The fourth-order valence-corrected chi connectivity index (χ4v) is 4.69. The van der Waals surface area contributed by atoms with Crippen LogP contribution in [0, 0.1) is 5.92 Å². The second-order valence-electron chi connectivity index (χ2n) is 7.21. The second-order valence-corrected chi connectivity index (χ2v) is 8.22. The summed E-state index contributed by atoms with van der Waals surface area (Å²) in [7, 11) is 1.61. The number of likely N-dealkylation sites (tertiary alicyclic amines) is 1. The van der Waals surface area contributed by atoms with Crippen LogP contribution in [0.2, 0.25) is 0 Å². The van der Waals surface area contributed by atoms with E-state index in [2.05, 4.69) is 9.89 Å². The number of aliphatic imine (C=N–C) groups is 1. The number of methoxy groups -OCH3 is 1. The van der Waals surface area contributed by atoms with Crippen molar-refractivity contribution in [2.45, 2.75) is 19.8 Å². The standard InChI is InChI=1S/C22H24N2O5S/c1-3-28-21(26)15-7-9-24(10-8-15)22-23-20(25)18(30-22)12-14-11-16-5-4-6-17(27-2)19(16)29-13-14/h4-6,11-12,15H,3,7-10,13H2,1-2H3. The summed E-state index contributed by atoms with van der Waals surface area (Å²) >= 11 is 1.38. The third kappa shape index (κ3) is 4.23. The number of ether oxygens (including phenoxy) is 3. The SMILES string of the molecule is CCOC(=O)C1CCN(C2=NC(=O)C(=CC3=Cc4cccc(OC)c4OC3)S2)CC1. The van der Waals surface area contributed by atoms with E-state index in [1.807, 2.05) is 37.3 Å². The second kappa shape index (κ2) is 8.95. The van der Waals surface area contributed by atoms with Crippen molar-refractivity contribution < 1.29 is 23.8 Å². The lowest BCUT2D eigenvalue weighted by molar-refractivity contribution is -0.149. The molecule has 0 aromatic heterocycles. The predicted octanol–water partition coefficient (Wildman–Crippen LogP) is 3.26. The zero-order valence-electron chi connectivity index (χ0n) is 17.1. The molecular formula is C22H24N2O5S. The van der Waals surface area contributed by atoms with Gasteiger partial charge in [0.05, 0.1) is 24.5 Å². The molecule has 1 fully saturated rings. The van der Waals surface area contributed by atoms with Crippen LogP contribution in [0.3, 0.4) is 0 Å². The Bertz CT molecular complexity index is 945. The number of carbonyl (C=O) groups is 2. The smallest absolute Gasteiger partial charge is 0.309 e. The van der Waals surface area contributed by atoms with E-state index < -0.39 is 0 Å². The molecule has 0 unspecified atom stereocenters. The first-order chi connectivity index (χ1) is 14.6. The Labute approximate surface area is 179 Å². The maximum Gasteiger partial charge on any atom is 0.309 e. The highest BCUT2D eigenvalue weighted by Gasteiger charge is 2.32. The highest BCUT2D eigenvalue weighted by molar-refractivity contribution is 8.18. The van der Waals surface area contributed by atoms with E-state index in [4.69, 9.17) is 14.2 Å². The molecule has 0 spiro atoms. The van der Waals surface area contributed by atoms with Crippen LogP contribution < -0.4 is 9.47 Å². The number of carbonyl (C=O) groups excluding carboxylic acids is 2. The summed E-state index contributed by atoms with van der Waals surface area (Å²) in [5, 5.41) is 0.702. The molecular weight excluding hydrogens is 404 g/mol. The first kappa shape index (κ1) is 20.5. The lowest BCUT2D eigenvalue weighted by Gasteiger charge is -2.31. The first-order valence-electron chi connectivity index (χ1n) is 10.0. The van der Waals surface area contributed by atoms with Crippen LogP contribution in [-0.2, 0) is 14.3 Å². The Morgan fingerprint density at radius 2 is 2.17 bits per heavy atom. The van der Waals surface area contributed by atoms with E-state index >= 15 is 0 Å². The van der Waals surface area contributed by atoms with Gasteiger partial charge >= 0.3 is 5.97 Å². The molecule has 8 heteroatoms. The number of thioether (sulfide) groups is 1. The molecule has 1 saturated heterocycles. The molecule has 1 amide bonds. The lowest BCUT2D eigenvalue weighted by Crippen LogP contribution is -2.39. The number of para-hydroxylation sites is 1. The summed E-state index contributed by atoms with van der Waals surface area (Å²) in [5.74, 6) is 0.976. The van der Waals surface area contributed by atoms with Gasteiger partial charge in [0.15, 0.2) is 16.7 Å². The molecule has 7 nitrogen and oxygen atoms in total. The average Bonchev–Trinajstić information content (AvgIpc) is 3.13. The zero-order valence-corrected chi connectivity index (χ0v) is 17.9. The molecule has 0 N–H and O–H groups in total. The van der Waals surface area contributed by atoms with E-state index in [9.17, 15) is 9.59 Å². The highest BCUT2D eigenvalue weighted by Crippen LogP contribution is 2.37. The molecule has 0 atom stereocenters. The van der Waals surface area contributed by atoms with Gasteiger partial charge in [-0.25, -0.2) is 0 Å². The summed E-state index contributed by atoms with van der Waals surface area (Å²) in [6.07, 6.45) is 5.27. The minimum absolute atomic E-state index is 0.0690. The Morgan fingerprint density at radius 3 is 2.90 bits per heavy atom. The molecule has 158 valence electrons. The van der Waals surface area contributed by atoms with Gasteiger partial charge in [0.2, 0.25) is 0 Å². The summed E-state index contributed by atoms with van der Waals surface area (Å²) in [4.78, 5) is 31.2. The van der Waals surface area contributed by atoms with Crippen molar-refractivity contribution in [3.8, 4) is 11.5 Å². The van der Waals surface area contributed by atoms with Crippen LogP contribution in [0.25, 0.3) is 6.08 Å². The lowest BCUT2D eigenvalue weighted by atomic mass is 9.97. The molecule has 3 aliphatic heterocycles. The van der Waals surface area contributed by atoms with Crippen molar-refractivity contribution in [2.75, 3.05) is 33.4 Å². The van der Waals surface area contributed by atoms with Crippen molar-refractivity contribution in [3.63, 3.8) is 0 Å². The van der Waals surface area contributed by atoms with Gasteiger partial charge < -0.3 is 19.1 Å². The molecule has 1 aromatic rings. The number of piperidine rings is 1. The Balaban J connectivity index is 1.41. The Morgan fingerprint density at radius 1 is 1.37 bits per heavy atom. The van der Waals surface area contributed by atoms with Crippen molar-refractivity contribution >= 4 is 34.9 Å². The monoisotopic (exact) mass is 428 g/mol. The van der Waals surface area contributed by atoms with E-state index in [0.29, 0.717) is 60.7 Å². The predicted molar refractivity (Wildman–Crippen MR) is 116 cm³/mol. The maximum atomic E-state index is 12.4. The van der Waals surface area contributed by atoms with Crippen LogP contribution >= 0.6 is 11.8 Å². The number of esters is 1. The molecule has 0 aliphatic carbocycles. The number of hydrogen-bond donors (Lipinski definition) is 0. The van der Waals surface area contributed by atoms with Crippen molar-refractivity contribution in [2.24, 2.45) is 10.9 Å². The van der Waals surface area contributed by atoms with Gasteiger partial charge in [-0.15, -0.1) is 0 Å². The third-order valence-corrected chi connectivity index (χ3v) is 6.31. The number of amidine groups is 1. The van der Waals surface area contributed by atoms with Crippen molar-refractivity contribution in [1.82, 2.24) is 4.90 Å². The van der Waals surface area contributed by atoms with Gasteiger partial charge in [-0.3, -0.25) is 9.59 Å². The number of hydrogen-bond acceptors (Lipinski definition) is 7. The minimum atomic E-state index is -0.236. The third-order valence-electron chi connectivity index (χ3n) is 5.26. The van der Waals surface area contributed by atoms with E-state index in [1.54, 1.807) is 7.11 Å². The van der Waals surface area contributed by atoms with Gasteiger partial charge in [0.25, 0.3) is 5.91 Å². The van der Waals surface area contributed by atoms with E-state index in [1.165, 1.54) is 11.8 Å². The van der Waals surface area contributed by atoms with E-state index in [-0.39, 0.29) is 17.8 Å². The topological polar surface area (TPSA) is 77.4 Å². The van der Waals surface area contributed by atoms with Gasteiger partial charge in [-0.1, -0.05) is 12.1 Å². The van der Waals surface area contributed by atoms with E-state index in [0.717, 1.165) is 11.1 Å². The fourth-order valence-electron chi connectivity index (χ4n) is 3.71. The highest BCUT2D eigenvalue weighted by atomic mass is 32.2. The molecule has 4 rings (SSSR count). The number of fused-ring (bicyclic) bond motifs is 1. The van der Waals surface area contributed by atoms with Crippen LogP contribution in [0.4, 0.5) is 0 Å². The molecule has 30 heavy (non-hydrogen) atoms. The van der Waals surface area contributed by atoms with Gasteiger partial charge in [-0.05, 0) is 55.3 Å². The Kier molecular flexibility index (Phi) is 6.13. The molecule has 1 aromatic carbocycles. The largest absolute Gasteiger partial charge is 0.493 e. The normalized spacial score (nSPS) is 20.4. The number of amides is 1. The number of benzene rings is 1. The molecule has 0 radical (unpaired) electrons. The van der Waals surface area contributed by atoms with Gasteiger partial charge in [0, 0.05) is 18.7 Å². The molecule has 3 heterocycles. The van der Waals surface area contributed by atoms with Gasteiger partial charge in [-0.2, -0.15) is 4.99 Å². The van der Waals surface area contributed by atoms with Crippen molar-refractivity contribution in [3.05, 3.63) is 40.3 Å². The van der Waals surface area contributed by atoms with Crippen LogP contribution in [0.1, 0.15) is 25.3 Å². The summed E-state index contributed by atoms with van der Waals surface area (Å²) in [6.45, 7) is 3.97. The van der Waals surface area contributed by atoms with Crippen molar-refractivity contribution in [1.29, 1.82) is 0 Å². The summed E-state index contributed by atoms with van der Waals surface area (Å²) < 4.78 is 16.3. The quantitative estimate of drug-likeness (QED) is 0.538. The maximum absolute atomic E-state index is 12.4. The number of rotatable bonds is 4. The van der Waals surface area contributed by atoms with Gasteiger partial charge in [0.1, 0.15) is 6.61 Å². The zero-order chi connectivity index (χ0) is 21.1. The van der Waals surface area contributed by atoms with Crippen LogP contribution in [-0.4, -0.2) is 55.4 Å². The van der Waals surface area contributed by atoms with Crippen LogP contribution in [0.5, 0.6) is 11.5 Å². The average molecular weight is 429 g/mol. The fraction of sp³-hybridized carbons (Fsp3) is 0.409.